The van der Waals surface area contributed by atoms with Crippen LogP contribution in [0.25, 0.3) is 0 Å². The van der Waals surface area contributed by atoms with Gasteiger partial charge in [0.2, 0.25) is 17.7 Å². The Hall–Kier alpha value is -2.65. The molecule has 3 saturated heterocycles. The van der Waals surface area contributed by atoms with Gasteiger partial charge in [0.05, 0.1) is 24.0 Å². The molecule has 1 spiro atoms. The van der Waals surface area contributed by atoms with Gasteiger partial charge in [-0.2, -0.15) is 0 Å². The number of benzene rings is 1. The summed E-state index contributed by atoms with van der Waals surface area (Å²) in [5.74, 6) is -1.58. The van der Waals surface area contributed by atoms with Crippen molar-refractivity contribution in [1.29, 1.82) is 0 Å². The molecule has 0 saturated carbocycles. The number of carbonyl (C=O) groups excluding carboxylic acids is 3. The van der Waals surface area contributed by atoms with Crippen molar-refractivity contribution in [1.82, 2.24) is 10.2 Å². The predicted octanol–water partition coefficient (Wildman–Crippen LogP) is 3.89. The van der Waals surface area contributed by atoms with Gasteiger partial charge in [0.15, 0.2) is 0 Å². The quantitative estimate of drug-likeness (QED) is 0.380. The number of ether oxygens (including phenoxy) is 2. The van der Waals surface area contributed by atoms with Gasteiger partial charge in [0, 0.05) is 24.4 Å². The maximum atomic E-state index is 14.1. The maximum absolute atomic E-state index is 14.1. The van der Waals surface area contributed by atoms with Crippen LogP contribution in [0.15, 0.2) is 24.3 Å². The number of rotatable bonds is 11. The van der Waals surface area contributed by atoms with Crippen LogP contribution < -0.4 is 15.4 Å². The summed E-state index contributed by atoms with van der Waals surface area (Å²) in [5.41, 5.74) is -1.83. The van der Waals surface area contributed by atoms with Gasteiger partial charge in [0.1, 0.15) is 17.4 Å². The Morgan fingerprint density at radius 3 is 2.35 bits per heavy atom. The number of hydrogen-bond donors (Lipinski definition) is 3. The monoisotopic (exact) mass is 557 g/mol. The van der Waals surface area contributed by atoms with E-state index in [-0.39, 0.29) is 36.3 Å². The van der Waals surface area contributed by atoms with Crippen molar-refractivity contribution in [3.8, 4) is 5.75 Å². The average molecular weight is 558 g/mol. The highest BCUT2D eigenvalue weighted by molar-refractivity contribution is 6.02. The number of amides is 3. The summed E-state index contributed by atoms with van der Waals surface area (Å²) in [6.45, 7) is 14.9. The first-order chi connectivity index (χ1) is 18.7. The third-order valence-electron chi connectivity index (χ3n) is 8.64. The minimum atomic E-state index is -1.09. The van der Waals surface area contributed by atoms with Crippen molar-refractivity contribution in [2.45, 2.75) is 103 Å². The molecule has 1 aromatic rings. The molecule has 40 heavy (non-hydrogen) atoms. The van der Waals surface area contributed by atoms with Crippen LogP contribution in [0.5, 0.6) is 5.75 Å². The Morgan fingerprint density at radius 1 is 1.10 bits per heavy atom. The van der Waals surface area contributed by atoms with Crippen LogP contribution in [-0.4, -0.2) is 70.3 Å². The van der Waals surface area contributed by atoms with Gasteiger partial charge in [-0.15, -0.1) is 0 Å². The van der Waals surface area contributed by atoms with E-state index in [0.29, 0.717) is 43.7 Å². The highest BCUT2D eigenvalue weighted by Crippen LogP contribution is 2.64. The maximum Gasteiger partial charge on any atom is 0.246 e. The van der Waals surface area contributed by atoms with Crippen LogP contribution in [0.2, 0.25) is 0 Å². The van der Waals surface area contributed by atoms with Crippen LogP contribution in [0.1, 0.15) is 80.6 Å². The second kappa shape index (κ2) is 11.0. The zero-order valence-corrected chi connectivity index (χ0v) is 25.1. The van der Waals surface area contributed by atoms with Gasteiger partial charge in [-0.3, -0.25) is 14.4 Å². The number of nitrogens with zero attached hydrogens (tertiary/aromatic N) is 1. The Kier molecular flexibility index (Phi) is 8.31. The number of aliphatic hydroxyl groups is 1. The zero-order valence-electron chi connectivity index (χ0n) is 25.1. The van der Waals surface area contributed by atoms with Crippen LogP contribution in [0.4, 0.5) is 5.69 Å². The highest BCUT2D eigenvalue weighted by atomic mass is 16.5. The number of aliphatic hydroxyl groups excluding tert-OH is 1. The fraction of sp³-hybridized carbons (Fsp3) is 0.710. The topological polar surface area (TPSA) is 117 Å². The molecule has 5 atom stereocenters. The van der Waals surface area contributed by atoms with Crippen molar-refractivity contribution in [2.24, 2.45) is 17.3 Å². The molecular formula is C31H47N3O6. The van der Waals surface area contributed by atoms with Crippen molar-refractivity contribution in [3.63, 3.8) is 0 Å². The van der Waals surface area contributed by atoms with E-state index < -0.39 is 34.6 Å². The smallest absolute Gasteiger partial charge is 0.246 e. The van der Waals surface area contributed by atoms with E-state index in [1.54, 1.807) is 29.2 Å². The number of anilines is 1. The third kappa shape index (κ3) is 5.47. The lowest BCUT2D eigenvalue weighted by Gasteiger charge is -2.38. The molecule has 9 heteroatoms. The fourth-order valence-corrected chi connectivity index (χ4v) is 7.69. The van der Waals surface area contributed by atoms with Gasteiger partial charge in [-0.05, 0) is 82.6 Å². The van der Waals surface area contributed by atoms with E-state index in [1.165, 1.54) is 0 Å². The molecule has 0 aromatic heterocycles. The van der Waals surface area contributed by atoms with Crippen molar-refractivity contribution < 1.29 is 29.0 Å². The third-order valence-corrected chi connectivity index (χ3v) is 8.64. The second-order valence-electron chi connectivity index (χ2n) is 13.5. The minimum absolute atomic E-state index is 0.0156. The second-order valence-corrected chi connectivity index (χ2v) is 13.5. The molecule has 3 aliphatic rings. The van der Waals surface area contributed by atoms with Crippen molar-refractivity contribution in [3.05, 3.63) is 24.3 Å². The van der Waals surface area contributed by atoms with Crippen LogP contribution in [-0.2, 0) is 19.1 Å². The Balaban J connectivity index is 1.67. The lowest BCUT2D eigenvalue weighted by Crippen LogP contribution is -2.59. The molecular weight excluding hydrogens is 510 g/mol. The van der Waals surface area contributed by atoms with Crippen LogP contribution in [0.3, 0.4) is 0 Å². The number of fused-ring (bicyclic) bond motifs is 1. The molecule has 222 valence electrons. The first-order valence-electron chi connectivity index (χ1n) is 14.7. The number of likely N-dealkylation sites (tertiary alicyclic amines) is 1. The molecule has 4 rings (SSSR count). The van der Waals surface area contributed by atoms with Gasteiger partial charge in [-0.25, -0.2) is 0 Å². The Bertz CT molecular complexity index is 1110. The summed E-state index contributed by atoms with van der Waals surface area (Å²) in [6.07, 6.45) is 2.76. The lowest BCUT2D eigenvalue weighted by molar-refractivity contribution is -0.147. The molecule has 3 heterocycles. The predicted molar refractivity (Wildman–Crippen MR) is 153 cm³/mol. The molecule has 3 aliphatic heterocycles. The summed E-state index contributed by atoms with van der Waals surface area (Å²) in [6, 6.07) is 6.29. The van der Waals surface area contributed by atoms with Crippen LogP contribution >= 0.6 is 0 Å². The average Bonchev–Trinajstić information content (AvgIpc) is 3.45. The summed E-state index contributed by atoms with van der Waals surface area (Å²) < 4.78 is 12.3. The summed E-state index contributed by atoms with van der Waals surface area (Å²) in [4.78, 5) is 43.7. The van der Waals surface area contributed by atoms with Gasteiger partial charge < -0.3 is 30.1 Å². The molecule has 0 aliphatic carbocycles. The van der Waals surface area contributed by atoms with Gasteiger partial charge >= 0.3 is 0 Å². The molecule has 2 bridgehead atoms. The van der Waals surface area contributed by atoms with Crippen molar-refractivity contribution in [2.75, 3.05) is 25.1 Å². The van der Waals surface area contributed by atoms with E-state index in [1.807, 2.05) is 27.7 Å². The van der Waals surface area contributed by atoms with E-state index in [4.69, 9.17) is 9.47 Å². The first-order valence-corrected chi connectivity index (χ1v) is 14.7. The van der Waals surface area contributed by atoms with Crippen molar-refractivity contribution >= 4 is 23.4 Å². The number of nitrogens with one attached hydrogen (secondary N) is 2. The summed E-state index contributed by atoms with van der Waals surface area (Å²) in [7, 11) is 0. The van der Waals surface area contributed by atoms with Crippen LogP contribution in [0, 0.1) is 17.3 Å². The largest absolute Gasteiger partial charge is 0.494 e. The Morgan fingerprint density at radius 2 is 1.77 bits per heavy atom. The summed E-state index contributed by atoms with van der Waals surface area (Å²) in [5, 5.41) is 15.8. The molecule has 2 unspecified atom stereocenters. The van der Waals surface area contributed by atoms with E-state index >= 15 is 0 Å². The normalized spacial score (nSPS) is 29.4. The lowest BCUT2D eigenvalue weighted by atomic mass is 9.65. The molecule has 0 radical (unpaired) electrons. The summed E-state index contributed by atoms with van der Waals surface area (Å²) >= 11 is 0. The Labute approximate surface area is 238 Å². The van der Waals surface area contributed by atoms with E-state index in [9.17, 15) is 19.5 Å². The fourth-order valence-electron chi connectivity index (χ4n) is 7.69. The molecule has 9 nitrogen and oxygen atoms in total. The van der Waals surface area contributed by atoms with Gasteiger partial charge in [0.25, 0.3) is 0 Å². The van der Waals surface area contributed by atoms with E-state index in [0.717, 1.165) is 6.42 Å². The minimum Gasteiger partial charge on any atom is -0.494 e. The SMILES string of the molecule is CCOc1ccc(NC(=O)[C@H]2[C@H]3C(=O)N(CCCO)C(C(=O)NC(C)(C)CC(C)(C)C)C34CC[C@]2(CC)O4)cc1. The standard InChI is InChI=1S/C31H47N3O6/c1-8-30-15-16-31(40-30)23(22(30)25(36)32-20-11-13-21(14-12-20)39-9-2)27(38)34(17-10-18-35)24(31)26(37)33-29(6,7)19-28(3,4)5/h11-14,22-24,35H,8-10,15-19H2,1-7H3,(H,32,36)(H,33,37)/t22-,23+,24?,30+,31?/m1/s1. The zero-order chi connectivity index (χ0) is 29.5. The molecule has 3 fully saturated rings. The molecule has 3 amide bonds. The highest BCUT2D eigenvalue weighted by Gasteiger charge is 2.78. The number of carbonyl (C=O) groups is 3. The first kappa shape index (κ1) is 30.3. The van der Waals surface area contributed by atoms with Gasteiger partial charge in [-0.1, -0.05) is 27.7 Å². The van der Waals surface area contributed by atoms with E-state index in [2.05, 4.69) is 31.4 Å². The molecule has 3 N–H and O–H groups in total. The number of hydrogen-bond acceptors (Lipinski definition) is 6. The molecule has 1 aromatic carbocycles.